The van der Waals surface area contributed by atoms with E-state index in [1.165, 1.54) is 4.68 Å². The second-order valence-corrected chi connectivity index (χ2v) is 8.22. The van der Waals surface area contributed by atoms with Crippen molar-refractivity contribution in [3.05, 3.63) is 36.1 Å². The lowest BCUT2D eigenvalue weighted by molar-refractivity contribution is 0.240. The predicted octanol–water partition coefficient (Wildman–Crippen LogP) is 3.39. The SMILES string of the molecule is CC(C)Oc1c(I)cc(I)cc1/C=C(/C#N)c1nn(CCO)c(N)c1C#N. The van der Waals surface area contributed by atoms with Crippen LogP contribution in [0.15, 0.2) is 12.1 Å². The Morgan fingerprint density at radius 3 is 2.67 bits per heavy atom. The summed E-state index contributed by atoms with van der Waals surface area (Å²) in [5.41, 5.74) is 7.15. The molecule has 3 N–H and O–H groups in total. The maximum atomic E-state index is 9.69. The van der Waals surface area contributed by atoms with Gasteiger partial charge >= 0.3 is 0 Å². The van der Waals surface area contributed by atoms with Gasteiger partial charge in [-0.25, -0.2) is 4.68 Å². The summed E-state index contributed by atoms with van der Waals surface area (Å²) in [5, 5.41) is 32.5. The van der Waals surface area contributed by atoms with Crippen LogP contribution >= 0.6 is 45.2 Å². The Hall–Kier alpha value is -1.83. The first-order chi connectivity index (χ1) is 12.8. The predicted molar refractivity (Wildman–Crippen MR) is 120 cm³/mol. The molecule has 140 valence electrons. The molecule has 0 amide bonds. The van der Waals surface area contributed by atoms with Crippen LogP contribution < -0.4 is 10.5 Å². The van der Waals surface area contributed by atoms with Crippen molar-refractivity contribution in [3.8, 4) is 17.9 Å². The number of ether oxygens (including phenoxy) is 1. The van der Waals surface area contributed by atoms with Gasteiger partial charge < -0.3 is 15.6 Å². The molecule has 2 aromatic rings. The van der Waals surface area contributed by atoms with Crippen molar-refractivity contribution < 1.29 is 9.84 Å². The third-order valence-electron chi connectivity index (χ3n) is 3.48. The molecule has 27 heavy (non-hydrogen) atoms. The summed E-state index contributed by atoms with van der Waals surface area (Å²) in [6.45, 7) is 3.82. The molecule has 0 saturated heterocycles. The van der Waals surface area contributed by atoms with E-state index in [2.05, 4.69) is 56.3 Å². The quantitative estimate of drug-likeness (QED) is 0.394. The summed E-state index contributed by atoms with van der Waals surface area (Å²) in [7, 11) is 0. The Morgan fingerprint density at radius 1 is 1.41 bits per heavy atom. The minimum absolute atomic E-state index is 0.0367. The third-order valence-corrected chi connectivity index (χ3v) is 4.91. The van der Waals surface area contributed by atoms with Gasteiger partial charge in [-0.05, 0) is 77.2 Å². The van der Waals surface area contributed by atoms with Crippen LogP contribution in [0.5, 0.6) is 5.75 Å². The number of aliphatic hydroxyl groups is 1. The first kappa shape index (κ1) is 21.5. The van der Waals surface area contributed by atoms with Crippen molar-refractivity contribution in [1.29, 1.82) is 10.5 Å². The topological polar surface area (TPSA) is 121 Å². The average molecular weight is 589 g/mol. The third kappa shape index (κ3) is 4.91. The van der Waals surface area contributed by atoms with E-state index in [1.807, 2.05) is 32.0 Å². The van der Waals surface area contributed by atoms with Crippen LogP contribution in [0, 0.1) is 29.8 Å². The number of nitrogens with two attached hydrogens (primary N) is 1. The van der Waals surface area contributed by atoms with E-state index in [9.17, 15) is 10.5 Å². The largest absolute Gasteiger partial charge is 0.489 e. The molecular formula is C18H17I2N5O2. The van der Waals surface area contributed by atoms with Crippen LogP contribution in [-0.4, -0.2) is 27.6 Å². The summed E-state index contributed by atoms with van der Waals surface area (Å²) in [4.78, 5) is 0. The normalized spacial score (nSPS) is 11.3. The summed E-state index contributed by atoms with van der Waals surface area (Å²) in [5.74, 6) is 0.790. The molecule has 7 nitrogen and oxygen atoms in total. The number of aromatic nitrogens is 2. The molecule has 1 aromatic heterocycles. The van der Waals surface area contributed by atoms with Gasteiger partial charge in [-0.15, -0.1) is 0 Å². The van der Waals surface area contributed by atoms with E-state index >= 15 is 0 Å². The number of halogens is 2. The highest BCUT2D eigenvalue weighted by Crippen LogP contribution is 2.33. The Balaban J connectivity index is 2.67. The summed E-state index contributed by atoms with van der Waals surface area (Å²) >= 11 is 4.39. The highest BCUT2D eigenvalue weighted by Gasteiger charge is 2.20. The lowest BCUT2D eigenvalue weighted by atomic mass is 10.1. The van der Waals surface area contributed by atoms with Gasteiger partial charge in [0.15, 0.2) is 0 Å². The molecular weight excluding hydrogens is 572 g/mol. The molecule has 1 aromatic carbocycles. The fraction of sp³-hybridized carbons (Fsp3) is 0.278. The molecule has 0 fully saturated rings. The molecule has 0 saturated carbocycles. The van der Waals surface area contributed by atoms with Crippen LogP contribution in [0.4, 0.5) is 5.82 Å². The number of anilines is 1. The Bertz CT molecular complexity index is 968. The molecule has 0 aliphatic carbocycles. The number of allylic oxidation sites excluding steroid dienone is 1. The van der Waals surface area contributed by atoms with E-state index in [-0.39, 0.29) is 41.9 Å². The number of rotatable bonds is 6. The maximum Gasteiger partial charge on any atom is 0.140 e. The van der Waals surface area contributed by atoms with E-state index in [1.54, 1.807) is 6.08 Å². The number of hydrogen-bond donors (Lipinski definition) is 2. The molecule has 0 radical (unpaired) electrons. The van der Waals surface area contributed by atoms with Crippen LogP contribution in [0.3, 0.4) is 0 Å². The highest BCUT2D eigenvalue weighted by molar-refractivity contribution is 14.1. The second-order valence-electron chi connectivity index (χ2n) is 5.81. The van der Waals surface area contributed by atoms with Crippen molar-refractivity contribution in [2.24, 2.45) is 0 Å². The zero-order valence-electron chi connectivity index (χ0n) is 14.7. The molecule has 0 bridgehead atoms. The minimum Gasteiger partial charge on any atom is -0.489 e. The Kier molecular flexibility index (Phi) is 7.47. The first-order valence-corrected chi connectivity index (χ1v) is 10.1. The number of nitrogen functional groups attached to an aromatic ring is 1. The molecule has 0 aliphatic rings. The van der Waals surface area contributed by atoms with Gasteiger partial charge in [0, 0.05) is 9.13 Å². The van der Waals surface area contributed by atoms with Crippen LogP contribution in [0.2, 0.25) is 0 Å². The first-order valence-electron chi connectivity index (χ1n) is 7.97. The van der Waals surface area contributed by atoms with E-state index in [0.717, 1.165) is 12.7 Å². The van der Waals surface area contributed by atoms with Gasteiger partial charge in [-0.1, -0.05) is 0 Å². The lowest BCUT2D eigenvalue weighted by Crippen LogP contribution is -2.08. The number of nitrogens with zero attached hydrogens (tertiary/aromatic N) is 4. The van der Waals surface area contributed by atoms with Crippen LogP contribution in [0.1, 0.15) is 30.7 Å². The van der Waals surface area contributed by atoms with E-state index in [0.29, 0.717) is 5.75 Å². The number of aliphatic hydroxyl groups excluding tert-OH is 1. The monoisotopic (exact) mass is 589 g/mol. The number of hydrogen-bond acceptors (Lipinski definition) is 6. The summed E-state index contributed by atoms with van der Waals surface area (Å²) < 4.78 is 9.15. The fourth-order valence-electron chi connectivity index (χ4n) is 2.40. The minimum atomic E-state index is -0.177. The van der Waals surface area contributed by atoms with Gasteiger partial charge in [0.1, 0.15) is 35.0 Å². The van der Waals surface area contributed by atoms with Gasteiger partial charge in [0.25, 0.3) is 0 Å². The van der Waals surface area contributed by atoms with Crippen molar-refractivity contribution in [1.82, 2.24) is 9.78 Å². The van der Waals surface area contributed by atoms with E-state index in [4.69, 9.17) is 15.6 Å². The van der Waals surface area contributed by atoms with E-state index < -0.39 is 0 Å². The Morgan fingerprint density at radius 2 is 2.11 bits per heavy atom. The van der Waals surface area contributed by atoms with Gasteiger partial charge in [0.05, 0.1) is 28.4 Å². The van der Waals surface area contributed by atoms with Crippen molar-refractivity contribution >= 4 is 62.6 Å². The molecule has 1 heterocycles. The van der Waals surface area contributed by atoms with Gasteiger partial charge in [0.2, 0.25) is 0 Å². The number of benzene rings is 1. The highest BCUT2D eigenvalue weighted by atomic mass is 127. The summed E-state index contributed by atoms with van der Waals surface area (Å²) in [6.07, 6.45) is 1.61. The standard InChI is InChI=1S/C18H17I2N5O2/c1-10(2)27-17-11(6-13(19)7-15(17)20)5-12(8-21)16-14(9-22)18(23)25(24-16)3-4-26/h5-7,10,26H,3-4,23H2,1-2H3/b12-5-. The maximum absolute atomic E-state index is 9.69. The zero-order valence-corrected chi connectivity index (χ0v) is 19.0. The van der Waals surface area contributed by atoms with Crippen LogP contribution in [-0.2, 0) is 6.54 Å². The summed E-state index contributed by atoms with van der Waals surface area (Å²) in [6, 6.07) is 7.98. The van der Waals surface area contributed by atoms with Crippen molar-refractivity contribution in [2.75, 3.05) is 12.3 Å². The average Bonchev–Trinajstić information content (AvgIpc) is 2.91. The molecule has 9 heteroatoms. The fourth-order valence-corrected chi connectivity index (χ4v) is 4.41. The van der Waals surface area contributed by atoms with Crippen LogP contribution in [0.25, 0.3) is 11.6 Å². The smallest absolute Gasteiger partial charge is 0.140 e. The Labute approximate surface area is 184 Å². The molecule has 0 spiro atoms. The van der Waals surface area contributed by atoms with Crippen molar-refractivity contribution in [3.63, 3.8) is 0 Å². The molecule has 0 atom stereocenters. The van der Waals surface area contributed by atoms with Gasteiger partial charge in [-0.2, -0.15) is 15.6 Å². The van der Waals surface area contributed by atoms with Crippen molar-refractivity contribution in [2.45, 2.75) is 26.5 Å². The van der Waals surface area contributed by atoms with Gasteiger partial charge in [-0.3, -0.25) is 0 Å². The second kappa shape index (κ2) is 9.39. The molecule has 0 unspecified atom stereocenters. The number of nitriles is 2. The molecule has 0 aliphatic heterocycles. The lowest BCUT2D eigenvalue weighted by Gasteiger charge is -2.15. The zero-order chi connectivity index (χ0) is 20.1. The molecule has 2 rings (SSSR count).